The van der Waals surface area contributed by atoms with Gasteiger partial charge in [-0.3, -0.25) is 4.79 Å². The summed E-state index contributed by atoms with van der Waals surface area (Å²) in [4.78, 5) is 24.2. The lowest BCUT2D eigenvalue weighted by Gasteiger charge is -2.06. The monoisotopic (exact) mass is 455 g/mol. The van der Waals surface area contributed by atoms with E-state index in [0.717, 1.165) is 22.9 Å². The van der Waals surface area contributed by atoms with Crippen molar-refractivity contribution in [1.29, 1.82) is 0 Å². The van der Waals surface area contributed by atoms with E-state index in [-0.39, 0.29) is 12.3 Å². The Balaban J connectivity index is 1.35. The van der Waals surface area contributed by atoms with E-state index < -0.39 is 0 Å². The predicted octanol–water partition coefficient (Wildman–Crippen LogP) is 5.05. The zero-order chi connectivity index (χ0) is 20.9. The minimum Gasteiger partial charge on any atom is -0.355 e. The second-order valence-electron chi connectivity index (χ2n) is 6.61. The fourth-order valence-corrected chi connectivity index (χ4v) is 4.01. The van der Waals surface area contributed by atoms with Crippen LogP contribution in [-0.4, -0.2) is 27.4 Å². The molecule has 1 amide bonds. The third-order valence-electron chi connectivity index (χ3n) is 4.40. The van der Waals surface area contributed by atoms with Crippen LogP contribution in [0.25, 0.3) is 10.9 Å². The van der Waals surface area contributed by atoms with Gasteiger partial charge in [-0.1, -0.05) is 35.9 Å². The van der Waals surface area contributed by atoms with Crippen molar-refractivity contribution in [3.63, 3.8) is 0 Å². The lowest BCUT2D eigenvalue weighted by atomic mass is 10.1. The minimum atomic E-state index is -0.0634. The Labute approximate surface area is 187 Å². The number of aromatic amines is 1. The van der Waals surface area contributed by atoms with Gasteiger partial charge in [0.05, 0.1) is 17.6 Å². The molecule has 2 aromatic heterocycles. The number of benzene rings is 2. The van der Waals surface area contributed by atoms with E-state index >= 15 is 0 Å². The fourth-order valence-electron chi connectivity index (χ4n) is 2.97. The summed E-state index contributed by atoms with van der Waals surface area (Å²) >= 11 is 12.5. The van der Waals surface area contributed by atoms with Gasteiger partial charge in [0.1, 0.15) is 5.82 Å². The van der Waals surface area contributed by atoms with Crippen molar-refractivity contribution < 1.29 is 4.79 Å². The Kier molecular flexibility index (Phi) is 6.37. The van der Waals surface area contributed by atoms with Crippen LogP contribution >= 0.6 is 35.2 Å². The van der Waals surface area contributed by atoms with Gasteiger partial charge in [-0.15, -0.1) is 11.3 Å². The fraction of sp³-hybridized carbons (Fsp3) is 0.143. The van der Waals surface area contributed by atoms with Gasteiger partial charge >= 0.3 is 0 Å². The molecule has 2 heterocycles. The highest BCUT2D eigenvalue weighted by molar-refractivity contribution is 7.71. The van der Waals surface area contributed by atoms with Crippen LogP contribution in [0.3, 0.4) is 0 Å². The topological polar surface area (TPSA) is 82.7 Å². The average molecular weight is 456 g/mol. The van der Waals surface area contributed by atoms with Crippen molar-refractivity contribution in [2.75, 3.05) is 11.9 Å². The van der Waals surface area contributed by atoms with Crippen LogP contribution in [0.4, 0.5) is 10.9 Å². The maximum atomic E-state index is 12.2. The maximum Gasteiger partial charge on any atom is 0.226 e. The molecule has 4 aromatic rings. The van der Waals surface area contributed by atoms with E-state index in [4.69, 9.17) is 23.8 Å². The predicted molar refractivity (Wildman–Crippen MR) is 124 cm³/mol. The number of carbonyl (C=O) groups is 1. The van der Waals surface area contributed by atoms with Crippen LogP contribution in [0.1, 0.15) is 11.3 Å². The smallest absolute Gasteiger partial charge is 0.226 e. The second kappa shape index (κ2) is 9.34. The highest BCUT2D eigenvalue weighted by Crippen LogP contribution is 2.25. The maximum absolute atomic E-state index is 12.2. The zero-order valence-electron chi connectivity index (χ0n) is 15.8. The Morgan fingerprint density at radius 3 is 2.77 bits per heavy atom. The molecule has 0 aliphatic heterocycles. The number of carbonyl (C=O) groups excluding carboxylic acids is 1. The number of nitrogens with one attached hydrogen (secondary N) is 3. The highest BCUT2D eigenvalue weighted by Gasteiger charge is 2.10. The van der Waals surface area contributed by atoms with Gasteiger partial charge in [-0.25, -0.2) is 9.97 Å². The molecule has 2 aromatic carbocycles. The number of H-pyrrole nitrogens is 1. The van der Waals surface area contributed by atoms with Crippen LogP contribution in [0.15, 0.2) is 53.9 Å². The van der Waals surface area contributed by atoms with Crippen molar-refractivity contribution in [2.45, 2.75) is 12.8 Å². The molecule has 0 bridgehead atoms. The average Bonchev–Trinajstić information content (AvgIpc) is 3.16. The molecule has 152 valence electrons. The molecule has 9 heteroatoms. The number of para-hydroxylation sites is 1. The first kappa shape index (κ1) is 20.5. The summed E-state index contributed by atoms with van der Waals surface area (Å²) in [5.74, 6) is 0.578. The van der Waals surface area contributed by atoms with Crippen LogP contribution in [0, 0.1) is 4.77 Å². The number of hydrogen-bond donors (Lipinski definition) is 3. The first-order chi connectivity index (χ1) is 14.6. The van der Waals surface area contributed by atoms with Crippen molar-refractivity contribution in [2.24, 2.45) is 0 Å². The molecular weight excluding hydrogens is 438 g/mol. The molecule has 3 N–H and O–H groups in total. The first-order valence-corrected chi connectivity index (χ1v) is 10.9. The number of amides is 1. The number of thiazole rings is 1. The van der Waals surface area contributed by atoms with Crippen LogP contribution in [0.5, 0.6) is 0 Å². The molecule has 0 saturated carbocycles. The molecular formula is C21H18ClN5OS2. The molecule has 0 saturated heterocycles. The molecule has 0 spiro atoms. The molecule has 0 aliphatic carbocycles. The summed E-state index contributed by atoms with van der Waals surface area (Å²) in [6.07, 6.45) is 0.974. The summed E-state index contributed by atoms with van der Waals surface area (Å²) < 4.78 is 0.396. The number of rotatable bonds is 7. The van der Waals surface area contributed by atoms with Gasteiger partial charge in [0.2, 0.25) is 5.91 Å². The third-order valence-corrected chi connectivity index (χ3v) is 5.66. The summed E-state index contributed by atoms with van der Waals surface area (Å²) in [6.45, 7) is 0.563. The summed E-state index contributed by atoms with van der Waals surface area (Å²) in [5, 5.41) is 10.3. The Morgan fingerprint density at radius 2 is 1.93 bits per heavy atom. The van der Waals surface area contributed by atoms with Gasteiger partial charge in [0.25, 0.3) is 0 Å². The van der Waals surface area contributed by atoms with Crippen molar-refractivity contribution in [3.8, 4) is 0 Å². The number of halogens is 1. The zero-order valence-corrected chi connectivity index (χ0v) is 18.2. The Hall–Kier alpha value is -2.81. The molecule has 0 aliphatic rings. The minimum absolute atomic E-state index is 0.0634. The Bertz CT molecular complexity index is 1240. The standard InChI is InChI=1S/C21H18ClN5OS2/c22-14-7-5-13(6-8-14)9-10-23-18(28)11-15-12-30-21(24-15)27-19-16-3-1-2-4-17(16)25-20(29)26-19/h1-8,12H,9-11H2,(H,23,28)(H2,24,25,26,27,29). The van der Waals surface area contributed by atoms with E-state index in [1.807, 2.05) is 53.9 Å². The van der Waals surface area contributed by atoms with E-state index in [1.165, 1.54) is 11.3 Å². The number of hydrogen-bond acceptors (Lipinski definition) is 6. The number of fused-ring (bicyclic) bond motifs is 1. The lowest BCUT2D eigenvalue weighted by molar-refractivity contribution is -0.120. The normalized spacial score (nSPS) is 10.8. The van der Waals surface area contributed by atoms with Crippen molar-refractivity contribution in [3.05, 3.63) is 75.0 Å². The first-order valence-electron chi connectivity index (χ1n) is 9.28. The highest BCUT2D eigenvalue weighted by atomic mass is 35.5. The quantitative estimate of drug-likeness (QED) is 0.340. The van der Waals surface area contributed by atoms with Crippen molar-refractivity contribution >= 4 is 62.9 Å². The largest absolute Gasteiger partial charge is 0.355 e. The van der Waals surface area contributed by atoms with E-state index in [9.17, 15) is 4.79 Å². The second-order valence-corrected chi connectivity index (χ2v) is 8.29. The molecule has 0 unspecified atom stereocenters. The van der Waals surface area contributed by atoms with E-state index in [2.05, 4.69) is 25.6 Å². The van der Waals surface area contributed by atoms with Gasteiger partial charge < -0.3 is 15.6 Å². The molecule has 4 rings (SSSR count). The molecule has 0 radical (unpaired) electrons. The van der Waals surface area contributed by atoms with Crippen LogP contribution in [0.2, 0.25) is 5.02 Å². The number of nitrogens with zero attached hydrogens (tertiary/aromatic N) is 2. The molecule has 0 fully saturated rings. The number of anilines is 2. The summed E-state index contributed by atoms with van der Waals surface area (Å²) in [5.41, 5.74) is 2.73. The molecule has 0 atom stereocenters. The van der Waals surface area contributed by atoms with Crippen molar-refractivity contribution in [1.82, 2.24) is 20.3 Å². The Morgan fingerprint density at radius 1 is 1.13 bits per heavy atom. The summed E-state index contributed by atoms with van der Waals surface area (Å²) in [6, 6.07) is 15.4. The van der Waals surface area contributed by atoms with E-state index in [1.54, 1.807) is 0 Å². The molecule has 6 nitrogen and oxygen atoms in total. The van der Waals surface area contributed by atoms with Crippen LogP contribution < -0.4 is 10.6 Å². The van der Waals surface area contributed by atoms with E-state index in [0.29, 0.717) is 33.0 Å². The molecule has 30 heavy (non-hydrogen) atoms. The number of aromatic nitrogens is 3. The van der Waals surface area contributed by atoms with Gasteiger partial charge in [-0.2, -0.15) is 0 Å². The SMILES string of the molecule is O=C(Cc1csc(Nc2nc(=S)[nH]c3ccccc23)n1)NCCc1ccc(Cl)cc1. The summed E-state index contributed by atoms with van der Waals surface area (Å²) in [7, 11) is 0. The third kappa shape index (κ3) is 5.21. The van der Waals surface area contributed by atoms with Gasteiger partial charge in [0, 0.05) is 22.3 Å². The lowest BCUT2D eigenvalue weighted by Crippen LogP contribution is -2.27. The van der Waals surface area contributed by atoms with Gasteiger partial charge in [0.15, 0.2) is 9.90 Å². The van der Waals surface area contributed by atoms with Gasteiger partial charge in [-0.05, 0) is 48.5 Å². The van der Waals surface area contributed by atoms with Crippen LogP contribution in [-0.2, 0) is 17.6 Å².